The number of carboxylic acid groups (broad SMARTS) is 1. The van der Waals surface area contributed by atoms with E-state index in [0.29, 0.717) is 11.1 Å². The minimum atomic E-state index is -0.852. The van der Waals surface area contributed by atoms with E-state index in [4.69, 9.17) is 16.6 Å². The van der Waals surface area contributed by atoms with Crippen molar-refractivity contribution in [1.29, 1.82) is 0 Å². The highest BCUT2D eigenvalue weighted by molar-refractivity contribution is 7.22. The second kappa shape index (κ2) is 9.56. The lowest BCUT2D eigenvalue weighted by molar-refractivity contribution is -0.136. The predicted octanol–water partition coefficient (Wildman–Crippen LogP) is 6.84. The number of benzene rings is 3. The number of nitrogens with zero attached hydrogens (tertiary/aromatic N) is 4. The van der Waals surface area contributed by atoms with E-state index < -0.39 is 5.97 Å². The zero-order chi connectivity index (χ0) is 25.7. The number of halogens is 1. The summed E-state index contributed by atoms with van der Waals surface area (Å²) in [5.74, 6) is -0.852. The summed E-state index contributed by atoms with van der Waals surface area (Å²) in [6.45, 7) is 4.14. The van der Waals surface area contributed by atoms with Crippen molar-refractivity contribution in [2.24, 2.45) is 0 Å². The Morgan fingerprint density at radius 1 is 1.08 bits per heavy atom. The monoisotopic (exact) mass is 530 g/mol. The molecular formula is C29H27ClN4O2S. The molecule has 188 valence electrons. The smallest absolute Gasteiger partial charge is 0.307 e. The van der Waals surface area contributed by atoms with Crippen LogP contribution in [-0.4, -0.2) is 50.6 Å². The lowest BCUT2D eigenvalue weighted by Crippen LogP contribution is -2.31. The summed E-state index contributed by atoms with van der Waals surface area (Å²) >= 11 is 7.76. The largest absolute Gasteiger partial charge is 0.481 e. The van der Waals surface area contributed by atoms with E-state index in [9.17, 15) is 9.90 Å². The lowest BCUT2D eigenvalue weighted by Gasteiger charge is -2.30. The molecular weight excluding hydrogens is 504 g/mol. The molecule has 0 radical (unpaired) electrons. The Labute approximate surface area is 224 Å². The molecule has 0 saturated carbocycles. The number of hydrogen-bond donors (Lipinski definition) is 1. The summed E-state index contributed by atoms with van der Waals surface area (Å²) in [5.41, 5.74) is 7.65. The molecule has 6 rings (SSSR count). The van der Waals surface area contributed by atoms with Gasteiger partial charge in [0.25, 0.3) is 0 Å². The molecule has 1 fully saturated rings. The third-order valence-electron chi connectivity index (χ3n) is 7.38. The number of piperidine rings is 1. The molecule has 1 aliphatic rings. The number of hydrogen-bond acceptors (Lipinski definition) is 5. The first-order chi connectivity index (χ1) is 17.9. The molecule has 8 heteroatoms. The van der Waals surface area contributed by atoms with Crippen molar-refractivity contribution in [3.05, 3.63) is 71.0 Å². The second-order valence-corrected chi connectivity index (χ2v) is 11.3. The number of aromatic nitrogens is 3. The standard InChI is InChI=1S/C29H27ClN4O2S/c1-17-13-24-28(27(22(17)15-26(35)36)18-3-6-20(30)7-4-18)37-29(32-24)19-5-8-23-25(14-19)34(16-31-23)21-9-11-33(2)12-10-21/h3-8,13-14,16,21H,9-12,15H2,1-2H3,(H,35,36). The van der Waals surface area contributed by atoms with E-state index in [0.717, 1.165) is 80.0 Å². The summed E-state index contributed by atoms with van der Waals surface area (Å²) in [4.78, 5) is 23.8. The molecule has 3 heterocycles. The molecule has 0 atom stereocenters. The van der Waals surface area contributed by atoms with E-state index in [-0.39, 0.29) is 6.42 Å². The molecule has 5 aromatic rings. The molecule has 0 bridgehead atoms. The molecule has 1 aliphatic heterocycles. The van der Waals surface area contributed by atoms with Gasteiger partial charge in [-0.1, -0.05) is 23.7 Å². The molecule has 1 saturated heterocycles. The molecule has 0 aliphatic carbocycles. The van der Waals surface area contributed by atoms with Crippen LogP contribution in [0, 0.1) is 6.92 Å². The maximum Gasteiger partial charge on any atom is 0.307 e. The van der Waals surface area contributed by atoms with Crippen molar-refractivity contribution in [1.82, 2.24) is 19.4 Å². The van der Waals surface area contributed by atoms with Crippen LogP contribution in [0.4, 0.5) is 0 Å². The number of carboxylic acids is 1. The van der Waals surface area contributed by atoms with Crippen molar-refractivity contribution in [2.75, 3.05) is 20.1 Å². The van der Waals surface area contributed by atoms with Crippen LogP contribution in [-0.2, 0) is 11.2 Å². The number of rotatable bonds is 5. The number of carbonyl (C=O) groups is 1. The van der Waals surface area contributed by atoms with Gasteiger partial charge in [-0.3, -0.25) is 4.79 Å². The van der Waals surface area contributed by atoms with Crippen LogP contribution in [0.2, 0.25) is 5.02 Å². The summed E-state index contributed by atoms with van der Waals surface area (Å²) < 4.78 is 3.32. The third kappa shape index (κ3) is 4.52. The summed E-state index contributed by atoms with van der Waals surface area (Å²) in [6.07, 6.45) is 4.16. The van der Waals surface area contributed by atoms with Crippen molar-refractivity contribution in [2.45, 2.75) is 32.2 Å². The van der Waals surface area contributed by atoms with Gasteiger partial charge in [-0.2, -0.15) is 0 Å². The fourth-order valence-electron chi connectivity index (χ4n) is 5.38. The van der Waals surface area contributed by atoms with Crippen LogP contribution >= 0.6 is 22.9 Å². The molecule has 6 nitrogen and oxygen atoms in total. The van der Waals surface area contributed by atoms with Gasteiger partial charge in [0.1, 0.15) is 5.01 Å². The van der Waals surface area contributed by atoms with Gasteiger partial charge >= 0.3 is 5.97 Å². The minimum absolute atomic E-state index is 0.0469. The van der Waals surface area contributed by atoms with E-state index in [1.165, 1.54) is 0 Å². The Morgan fingerprint density at radius 2 is 1.81 bits per heavy atom. The summed E-state index contributed by atoms with van der Waals surface area (Å²) in [5, 5.41) is 11.2. The van der Waals surface area contributed by atoms with Crippen LogP contribution in [0.3, 0.4) is 0 Å². The first-order valence-corrected chi connectivity index (χ1v) is 13.6. The number of aryl methyl sites for hydroxylation is 1. The third-order valence-corrected chi connectivity index (χ3v) is 8.77. The Morgan fingerprint density at radius 3 is 2.54 bits per heavy atom. The Hall–Kier alpha value is -3.26. The maximum atomic E-state index is 11.8. The average Bonchev–Trinajstić information content (AvgIpc) is 3.49. The van der Waals surface area contributed by atoms with Crippen molar-refractivity contribution in [3.63, 3.8) is 0 Å². The van der Waals surface area contributed by atoms with Crippen LogP contribution in [0.25, 0.3) is 42.9 Å². The van der Waals surface area contributed by atoms with Gasteiger partial charge in [0.15, 0.2) is 0 Å². The van der Waals surface area contributed by atoms with Crippen LogP contribution in [0.5, 0.6) is 0 Å². The normalized spacial score (nSPS) is 15.1. The van der Waals surface area contributed by atoms with E-state index in [2.05, 4.69) is 39.7 Å². The highest BCUT2D eigenvalue weighted by Gasteiger charge is 2.22. The fourth-order valence-corrected chi connectivity index (χ4v) is 6.64. The van der Waals surface area contributed by atoms with E-state index in [1.54, 1.807) is 11.3 Å². The maximum absolute atomic E-state index is 11.8. The minimum Gasteiger partial charge on any atom is -0.481 e. The average molecular weight is 531 g/mol. The number of thiazole rings is 1. The first kappa shape index (κ1) is 24.1. The predicted molar refractivity (Wildman–Crippen MR) is 151 cm³/mol. The molecule has 0 amide bonds. The Kier molecular flexibility index (Phi) is 6.23. The molecule has 37 heavy (non-hydrogen) atoms. The quantitative estimate of drug-likeness (QED) is 0.269. The number of aliphatic carboxylic acids is 1. The van der Waals surface area contributed by atoms with Gasteiger partial charge in [-0.25, -0.2) is 9.97 Å². The van der Waals surface area contributed by atoms with Gasteiger partial charge in [-0.05, 0) is 93.0 Å². The topological polar surface area (TPSA) is 71.2 Å². The zero-order valence-corrected chi connectivity index (χ0v) is 22.3. The van der Waals surface area contributed by atoms with Crippen molar-refractivity contribution in [3.8, 4) is 21.7 Å². The number of likely N-dealkylation sites (tertiary alicyclic amines) is 1. The van der Waals surface area contributed by atoms with Crippen molar-refractivity contribution >= 4 is 50.2 Å². The molecule has 3 aromatic carbocycles. The highest BCUT2D eigenvalue weighted by atomic mass is 35.5. The molecule has 0 spiro atoms. The lowest BCUT2D eigenvalue weighted by atomic mass is 9.93. The van der Waals surface area contributed by atoms with Crippen LogP contribution in [0.15, 0.2) is 54.9 Å². The van der Waals surface area contributed by atoms with E-state index >= 15 is 0 Å². The molecule has 0 unspecified atom stereocenters. The number of fused-ring (bicyclic) bond motifs is 2. The van der Waals surface area contributed by atoms with Gasteiger partial charge in [0, 0.05) is 22.2 Å². The zero-order valence-electron chi connectivity index (χ0n) is 20.7. The van der Waals surface area contributed by atoms with Crippen LogP contribution in [0.1, 0.15) is 30.0 Å². The van der Waals surface area contributed by atoms with Gasteiger partial charge < -0.3 is 14.6 Å². The first-order valence-electron chi connectivity index (χ1n) is 12.4. The fraction of sp³-hybridized carbons (Fsp3) is 0.276. The Balaban J connectivity index is 1.49. The molecule has 1 N–H and O–H groups in total. The van der Waals surface area contributed by atoms with Crippen molar-refractivity contribution < 1.29 is 9.90 Å². The van der Waals surface area contributed by atoms with Gasteiger partial charge in [0.05, 0.1) is 34.0 Å². The number of imidazole rings is 1. The van der Waals surface area contributed by atoms with E-state index in [1.807, 2.05) is 43.6 Å². The molecule has 2 aromatic heterocycles. The summed E-state index contributed by atoms with van der Waals surface area (Å²) in [6, 6.07) is 16.4. The second-order valence-electron chi connectivity index (χ2n) is 9.88. The van der Waals surface area contributed by atoms with Gasteiger partial charge in [0.2, 0.25) is 0 Å². The van der Waals surface area contributed by atoms with Crippen LogP contribution < -0.4 is 0 Å². The van der Waals surface area contributed by atoms with Gasteiger partial charge in [-0.15, -0.1) is 11.3 Å². The highest BCUT2D eigenvalue weighted by Crippen LogP contribution is 2.41. The Bertz CT molecular complexity index is 1630. The summed E-state index contributed by atoms with van der Waals surface area (Å²) in [7, 11) is 2.18. The SMILES string of the molecule is Cc1cc2nc(-c3ccc4ncn(C5CCN(C)CC5)c4c3)sc2c(-c2ccc(Cl)cc2)c1CC(=O)O.